The molecule has 1 aliphatic carbocycles. The lowest BCUT2D eigenvalue weighted by atomic mass is 10.0. The quantitative estimate of drug-likeness (QED) is 0.488. The van der Waals surface area contributed by atoms with Crippen LogP contribution in [0.5, 0.6) is 5.75 Å². The Hall–Kier alpha value is -2.04. The largest absolute Gasteiger partial charge is 0.495 e. The van der Waals surface area contributed by atoms with Gasteiger partial charge in [-0.15, -0.1) is 0 Å². The first-order chi connectivity index (χ1) is 8.64. The number of hydrogen-bond acceptors (Lipinski definition) is 4. The first-order valence-electron chi connectivity index (χ1n) is 5.77. The van der Waals surface area contributed by atoms with E-state index in [1.54, 1.807) is 26.2 Å². The van der Waals surface area contributed by atoms with E-state index in [1.807, 2.05) is 12.1 Å². The number of carbonyl (C=O) groups excluding carboxylic acids is 1. The molecule has 0 radical (unpaired) electrons. The summed E-state index contributed by atoms with van der Waals surface area (Å²) in [7, 11) is 1.55. The molecule has 0 aliphatic heterocycles. The lowest BCUT2D eigenvalue weighted by Crippen LogP contribution is -2.30. The molecular formula is C13H16N2O3. The molecule has 1 saturated carbocycles. The summed E-state index contributed by atoms with van der Waals surface area (Å²) in [5.41, 5.74) is 0.437. The van der Waals surface area contributed by atoms with E-state index in [1.165, 1.54) is 0 Å². The van der Waals surface area contributed by atoms with E-state index in [0.29, 0.717) is 30.0 Å². The number of anilines is 1. The molecule has 1 aromatic carbocycles. The van der Waals surface area contributed by atoms with Crippen LogP contribution in [0.1, 0.15) is 19.8 Å². The highest BCUT2D eigenvalue weighted by Gasteiger charge is 2.53. The zero-order valence-corrected chi connectivity index (χ0v) is 10.4. The number of para-hydroxylation sites is 2. The maximum Gasteiger partial charge on any atom is 0.236 e. The third kappa shape index (κ3) is 2.03. The summed E-state index contributed by atoms with van der Waals surface area (Å²) in [5.74, 6) is 0.461. The number of rotatable bonds is 4. The van der Waals surface area contributed by atoms with Gasteiger partial charge in [0.2, 0.25) is 5.91 Å². The van der Waals surface area contributed by atoms with Gasteiger partial charge >= 0.3 is 0 Å². The molecule has 1 fully saturated rings. The smallest absolute Gasteiger partial charge is 0.236 e. The van der Waals surface area contributed by atoms with Gasteiger partial charge in [-0.05, 0) is 31.9 Å². The highest BCUT2D eigenvalue weighted by Crippen LogP contribution is 2.48. The molecule has 0 heterocycles. The van der Waals surface area contributed by atoms with Gasteiger partial charge in [-0.3, -0.25) is 4.79 Å². The predicted octanol–water partition coefficient (Wildman–Crippen LogP) is 2.26. The minimum atomic E-state index is -0.643. The van der Waals surface area contributed by atoms with Crippen LogP contribution in [-0.4, -0.2) is 23.9 Å². The van der Waals surface area contributed by atoms with E-state index in [0.717, 1.165) is 0 Å². The maximum atomic E-state index is 12.2. The summed E-state index contributed by atoms with van der Waals surface area (Å²) in [6.45, 7) is 1.66. The Kier molecular flexibility index (Phi) is 3.23. The van der Waals surface area contributed by atoms with Gasteiger partial charge in [-0.2, -0.15) is 0 Å². The Labute approximate surface area is 105 Å². The first kappa shape index (κ1) is 12.4. The number of carbonyl (C=O) groups is 1. The van der Waals surface area contributed by atoms with E-state index in [-0.39, 0.29) is 5.91 Å². The van der Waals surface area contributed by atoms with Gasteiger partial charge in [0, 0.05) is 0 Å². The van der Waals surface area contributed by atoms with Crippen LogP contribution in [0.4, 0.5) is 5.69 Å². The first-order valence-corrected chi connectivity index (χ1v) is 5.77. The topological polar surface area (TPSA) is 70.9 Å². The van der Waals surface area contributed by atoms with Crippen LogP contribution in [0.2, 0.25) is 0 Å². The van der Waals surface area contributed by atoms with Crippen molar-refractivity contribution in [2.45, 2.75) is 19.8 Å². The number of nitrogens with zero attached hydrogens (tertiary/aromatic N) is 1. The lowest BCUT2D eigenvalue weighted by molar-refractivity contribution is -0.119. The number of ether oxygens (including phenoxy) is 1. The Morgan fingerprint density at radius 2 is 2.11 bits per heavy atom. The van der Waals surface area contributed by atoms with Gasteiger partial charge < -0.3 is 15.3 Å². The fourth-order valence-electron chi connectivity index (χ4n) is 1.96. The normalized spacial score (nSPS) is 17.1. The predicted molar refractivity (Wildman–Crippen MR) is 68.2 cm³/mol. The van der Waals surface area contributed by atoms with Crippen molar-refractivity contribution in [1.29, 1.82) is 0 Å². The van der Waals surface area contributed by atoms with E-state index in [9.17, 15) is 4.79 Å². The van der Waals surface area contributed by atoms with Crippen molar-refractivity contribution in [1.82, 2.24) is 0 Å². The lowest BCUT2D eigenvalue weighted by Gasteiger charge is -2.15. The highest BCUT2D eigenvalue weighted by molar-refractivity contribution is 6.15. The fraction of sp³-hybridized carbons (Fsp3) is 0.385. The van der Waals surface area contributed by atoms with Crippen LogP contribution in [0.3, 0.4) is 0 Å². The summed E-state index contributed by atoms with van der Waals surface area (Å²) in [4.78, 5) is 12.2. The molecule has 0 aromatic heterocycles. The molecule has 2 rings (SSSR count). The molecule has 1 aromatic rings. The third-order valence-corrected chi connectivity index (χ3v) is 3.38. The van der Waals surface area contributed by atoms with Gasteiger partial charge in [-0.1, -0.05) is 17.3 Å². The van der Waals surface area contributed by atoms with Crippen LogP contribution in [0, 0.1) is 5.41 Å². The molecule has 0 saturated heterocycles. The zero-order chi connectivity index (χ0) is 13.2. The van der Waals surface area contributed by atoms with Crippen molar-refractivity contribution >= 4 is 17.3 Å². The second kappa shape index (κ2) is 4.68. The number of benzene rings is 1. The van der Waals surface area contributed by atoms with Gasteiger partial charge in [0.15, 0.2) is 0 Å². The molecule has 1 amide bonds. The Morgan fingerprint density at radius 3 is 2.67 bits per heavy atom. The number of methoxy groups -OCH3 is 1. The Balaban J connectivity index is 2.18. The molecule has 96 valence electrons. The van der Waals surface area contributed by atoms with Crippen molar-refractivity contribution in [2.24, 2.45) is 10.6 Å². The molecule has 18 heavy (non-hydrogen) atoms. The monoisotopic (exact) mass is 248 g/mol. The molecule has 5 heteroatoms. The van der Waals surface area contributed by atoms with E-state index in [4.69, 9.17) is 9.94 Å². The highest BCUT2D eigenvalue weighted by atomic mass is 16.5. The summed E-state index contributed by atoms with van der Waals surface area (Å²) in [5, 5.41) is 14.8. The van der Waals surface area contributed by atoms with Crippen LogP contribution in [-0.2, 0) is 4.79 Å². The van der Waals surface area contributed by atoms with E-state index < -0.39 is 5.41 Å². The van der Waals surface area contributed by atoms with Crippen molar-refractivity contribution in [3.05, 3.63) is 24.3 Å². The Morgan fingerprint density at radius 1 is 1.44 bits per heavy atom. The SMILES string of the molecule is COc1ccccc1NC(=O)C1(/C(C)=N/O)CC1. The van der Waals surface area contributed by atoms with Gasteiger partial charge in [0.1, 0.15) is 5.75 Å². The average molecular weight is 248 g/mol. The summed E-state index contributed by atoms with van der Waals surface area (Å²) in [6, 6.07) is 7.22. The van der Waals surface area contributed by atoms with E-state index in [2.05, 4.69) is 10.5 Å². The van der Waals surface area contributed by atoms with Crippen LogP contribution >= 0.6 is 0 Å². The minimum absolute atomic E-state index is 0.151. The maximum absolute atomic E-state index is 12.2. The molecule has 1 aliphatic rings. The average Bonchev–Trinajstić information content (AvgIpc) is 3.20. The van der Waals surface area contributed by atoms with Crippen LogP contribution in [0.25, 0.3) is 0 Å². The van der Waals surface area contributed by atoms with E-state index >= 15 is 0 Å². The molecule has 0 atom stereocenters. The second-order valence-electron chi connectivity index (χ2n) is 4.42. The van der Waals surface area contributed by atoms with Gasteiger partial charge in [-0.25, -0.2) is 0 Å². The minimum Gasteiger partial charge on any atom is -0.495 e. The van der Waals surface area contributed by atoms with Crippen LogP contribution < -0.4 is 10.1 Å². The fourth-order valence-corrected chi connectivity index (χ4v) is 1.96. The van der Waals surface area contributed by atoms with Crippen molar-refractivity contribution < 1.29 is 14.7 Å². The summed E-state index contributed by atoms with van der Waals surface area (Å²) >= 11 is 0. The number of nitrogens with one attached hydrogen (secondary N) is 1. The molecule has 5 nitrogen and oxygen atoms in total. The molecule has 0 unspecified atom stereocenters. The standard InChI is InChI=1S/C13H16N2O3/c1-9(15-17)13(7-8-13)12(16)14-10-5-3-4-6-11(10)18-2/h3-6,17H,7-8H2,1-2H3,(H,14,16)/b15-9+. The molecular weight excluding hydrogens is 232 g/mol. The van der Waals surface area contributed by atoms with Crippen molar-refractivity contribution in [2.75, 3.05) is 12.4 Å². The zero-order valence-electron chi connectivity index (χ0n) is 10.4. The molecule has 2 N–H and O–H groups in total. The summed E-state index contributed by atoms with van der Waals surface area (Å²) < 4.78 is 5.17. The van der Waals surface area contributed by atoms with Crippen molar-refractivity contribution in [3.63, 3.8) is 0 Å². The van der Waals surface area contributed by atoms with Crippen LogP contribution in [0.15, 0.2) is 29.4 Å². The molecule has 0 spiro atoms. The van der Waals surface area contributed by atoms with Gasteiger partial charge in [0.25, 0.3) is 0 Å². The second-order valence-corrected chi connectivity index (χ2v) is 4.42. The number of oxime groups is 1. The number of amides is 1. The third-order valence-electron chi connectivity index (χ3n) is 3.38. The summed E-state index contributed by atoms with van der Waals surface area (Å²) in [6.07, 6.45) is 1.42. The number of hydrogen-bond donors (Lipinski definition) is 2. The molecule has 0 bridgehead atoms. The van der Waals surface area contributed by atoms with Crippen molar-refractivity contribution in [3.8, 4) is 5.75 Å². The Bertz CT molecular complexity index is 493. The van der Waals surface area contributed by atoms with Gasteiger partial charge in [0.05, 0.1) is 23.9 Å².